The summed E-state index contributed by atoms with van der Waals surface area (Å²) >= 11 is 0. The molecule has 2 N–H and O–H groups in total. The number of nitrogens with one attached hydrogen (secondary N) is 2. The molecule has 0 aliphatic carbocycles. The number of hydrogen-bond donors (Lipinski definition) is 2. The Hall–Kier alpha value is -2.82. The van der Waals surface area contributed by atoms with Gasteiger partial charge in [-0.2, -0.15) is 0 Å². The normalized spacial score (nSPS) is 11.7. The lowest BCUT2D eigenvalue weighted by Gasteiger charge is -2.17. The molecule has 5 heteroatoms. The number of carbonyl (C=O) groups excluding carboxylic acids is 2. The Labute approximate surface area is 161 Å². The molecular formula is C22H28N2O3. The third-order valence-electron chi connectivity index (χ3n) is 4.15. The summed E-state index contributed by atoms with van der Waals surface area (Å²) in [5.74, 6) is 0.379. The summed E-state index contributed by atoms with van der Waals surface area (Å²) in [4.78, 5) is 24.4. The number of rotatable bonds is 8. The molecule has 1 atom stereocenters. The average molecular weight is 368 g/mol. The van der Waals surface area contributed by atoms with Crippen molar-refractivity contribution in [2.24, 2.45) is 0 Å². The van der Waals surface area contributed by atoms with E-state index in [1.807, 2.05) is 57.2 Å². The maximum Gasteiger partial charge on any atom is 0.251 e. The van der Waals surface area contributed by atoms with E-state index in [1.54, 1.807) is 19.2 Å². The molecule has 2 aromatic carbocycles. The van der Waals surface area contributed by atoms with Crippen molar-refractivity contribution in [1.82, 2.24) is 10.6 Å². The van der Waals surface area contributed by atoms with Crippen molar-refractivity contribution in [2.45, 2.75) is 45.8 Å². The van der Waals surface area contributed by atoms with Gasteiger partial charge in [0.1, 0.15) is 11.8 Å². The van der Waals surface area contributed by atoms with Gasteiger partial charge >= 0.3 is 0 Å². The minimum atomic E-state index is -0.521. The third-order valence-corrected chi connectivity index (χ3v) is 4.15. The van der Waals surface area contributed by atoms with Crippen LogP contribution in [0.3, 0.4) is 0 Å². The molecule has 2 aromatic rings. The van der Waals surface area contributed by atoms with Crippen molar-refractivity contribution < 1.29 is 14.3 Å². The van der Waals surface area contributed by atoms with E-state index in [-0.39, 0.29) is 17.9 Å². The van der Waals surface area contributed by atoms with Gasteiger partial charge in [-0.15, -0.1) is 0 Å². The number of para-hydroxylation sites is 1. The van der Waals surface area contributed by atoms with E-state index in [0.29, 0.717) is 12.0 Å². The molecule has 27 heavy (non-hydrogen) atoms. The summed E-state index contributed by atoms with van der Waals surface area (Å²) in [7, 11) is 1.57. The Morgan fingerprint density at radius 3 is 2.30 bits per heavy atom. The molecule has 2 rings (SSSR count). The number of hydrogen-bond acceptors (Lipinski definition) is 3. The molecule has 0 radical (unpaired) electrons. The van der Waals surface area contributed by atoms with Crippen molar-refractivity contribution in [3.8, 4) is 16.9 Å². The fourth-order valence-electron chi connectivity index (χ4n) is 2.84. The number of benzene rings is 2. The molecule has 144 valence electrons. The van der Waals surface area contributed by atoms with Crippen LogP contribution in [0.25, 0.3) is 11.1 Å². The summed E-state index contributed by atoms with van der Waals surface area (Å²) in [5.41, 5.74) is 2.47. The van der Waals surface area contributed by atoms with Gasteiger partial charge < -0.3 is 15.4 Å². The van der Waals surface area contributed by atoms with Crippen molar-refractivity contribution in [3.05, 3.63) is 54.1 Å². The third kappa shape index (κ3) is 5.58. The van der Waals surface area contributed by atoms with E-state index in [4.69, 9.17) is 4.74 Å². The van der Waals surface area contributed by atoms with E-state index in [1.165, 1.54) is 0 Å². The zero-order valence-corrected chi connectivity index (χ0v) is 16.4. The molecule has 0 aromatic heterocycles. The van der Waals surface area contributed by atoms with Crippen molar-refractivity contribution in [1.29, 1.82) is 0 Å². The number of likely N-dealkylation sites (N-methyl/N-ethyl adjacent to an activating group) is 1. The predicted molar refractivity (Wildman–Crippen MR) is 108 cm³/mol. The van der Waals surface area contributed by atoms with Crippen LogP contribution >= 0.6 is 0 Å². The first-order valence-corrected chi connectivity index (χ1v) is 9.34. The molecule has 0 aliphatic rings. The summed E-state index contributed by atoms with van der Waals surface area (Å²) in [6.07, 6.45) is 1.49. The van der Waals surface area contributed by atoms with Gasteiger partial charge in [0.05, 0.1) is 6.10 Å². The molecule has 0 spiro atoms. The van der Waals surface area contributed by atoms with Gasteiger partial charge in [0.2, 0.25) is 5.91 Å². The van der Waals surface area contributed by atoms with Crippen LogP contribution in [-0.2, 0) is 4.79 Å². The van der Waals surface area contributed by atoms with Crippen LogP contribution in [0, 0.1) is 0 Å². The van der Waals surface area contributed by atoms with E-state index >= 15 is 0 Å². The Morgan fingerprint density at radius 1 is 1.04 bits per heavy atom. The molecule has 0 fully saturated rings. The fraction of sp³-hybridized carbons (Fsp3) is 0.364. The van der Waals surface area contributed by atoms with Crippen LogP contribution in [0.5, 0.6) is 5.75 Å². The molecule has 2 amide bonds. The molecule has 0 aliphatic heterocycles. The van der Waals surface area contributed by atoms with E-state index in [2.05, 4.69) is 10.6 Å². The summed E-state index contributed by atoms with van der Waals surface area (Å²) in [6, 6.07) is 14.6. The molecule has 0 bridgehead atoms. The van der Waals surface area contributed by atoms with Crippen LogP contribution in [0.4, 0.5) is 0 Å². The van der Waals surface area contributed by atoms with Crippen LogP contribution in [-0.4, -0.2) is 31.0 Å². The number of ether oxygens (including phenoxy) is 1. The molecular weight excluding hydrogens is 340 g/mol. The Kier molecular flexibility index (Phi) is 7.41. The average Bonchev–Trinajstić information content (AvgIpc) is 2.67. The lowest BCUT2D eigenvalue weighted by atomic mass is 10.0. The van der Waals surface area contributed by atoms with Gasteiger partial charge in [-0.05, 0) is 44.0 Å². The Bertz CT molecular complexity index is 769. The van der Waals surface area contributed by atoms with E-state index < -0.39 is 6.04 Å². The highest BCUT2D eigenvalue weighted by Gasteiger charge is 2.19. The van der Waals surface area contributed by atoms with Gasteiger partial charge in [0.15, 0.2) is 0 Å². The SMILES string of the molecule is CCCC(NC(=O)c1ccc(-c2ccccc2OC(C)C)cc1)C(=O)NC. The number of carbonyl (C=O) groups is 2. The maximum absolute atomic E-state index is 12.5. The van der Waals surface area contributed by atoms with Gasteiger partial charge in [0, 0.05) is 18.2 Å². The Balaban J connectivity index is 2.17. The second-order valence-corrected chi connectivity index (χ2v) is 6.67. The van der Waals surface area contributed by atoms with Crippen LogP contribution in [0.1, 0.15) is 44.0 Å². The van der Waals surface area contributed by atoms with Crippen molar-refractivity contribution in [3.63, 3.8) is 0 Å². The lowest BCUT2D eigenvalue weighted by Crippen LogP contribution is -2.45. The monoisotopic (exact) mass is 368 g/mol. The predicted octanol–water partition coefficient (Wildman–Crippen LogP) is 3.79. The maximum atomic E-state index is 12.5. The van der Waals surface area contributed by atoms with Crippen LogP contribution < -0.4 is 15.4 Å². The first-order chi connectivity index (χ1) is 13.0. The second kappa shape index (κ2) is 9.76. The second-order valence-electron chi connectivity index (χ2n) is 6.67. The van der Waals surface area contributed by atoms with Gasteiger partial charge in [0.25, 0.3) is 5.91 Å². The van der Waals surface area contributed by atoms with Gasteiger partial charge in [-0.25, -0.2) is 0 Å². The highest BCUT2D eigenvalue weighted by Crippen LogP contribution is 2.30. The topological polar surface area (TPSA) is 67.4 Å². The quantitative estimate of drug-likeness (QED) is 0.745. The largest absolute Gasteiger partial charge is 0.490 e. The fourth-order valence-corrected chi connectivity index (χ4v) is 2.84. The Morgan fingerprint density at radius 2 is 1.70 bits per heavy atom. The van der Waals surface area contributed by atoms with Crippen LogP contribution in [0.2, 0.25) is 0 Å². The van der Waals surface area contributed by atoms with Gasteiger partial charge in [-0.3, -0.25) is 9.59 Å². The van der Waals surface area contributed by atoms with Crippen molar-refractivity contribution in [2.75, 3.05) is 7.05 Å². The van der Waals surface area contributed by atoms with Gasteiger partial charge in [-0.1, -0.05) is 43.7 Å². The molecule has 0 heterocycles. The molecule has 0 saturated carbocycles. The van der Waals surface area contributed by atoms with Crippen LogP contribution in [0.15, 0.2) is 48.5 Å². The zero-order chi connectivity index (χ0) is 19.8. The standard InChI is InChI=1S/C22H28N2O3/c1-5-8-19(22(26)23-4)24-21(25)17-13-11-16(12-14-17)18-9-6-7-10-20(18)27-15(2)3/h6-7,9-15,19H,5,8H2,1-4H3,(H,23,26)(H,24,25). The van der Waals surface area contributed by atoms with E-state index in [9.17, 15) is 9.59 Å². The lowest BCUT2D eigenvalue weighted by molar-refractivity contribution is -0.122. The highest BCUT2D eigenvalue weighted by molar-refractivity contribution is 5.97. The van der Waals surface area contributed by atoms with E-state index in [0.717, 1.165) is 23.3 Å². The summed E-state index contributed by atoms with van der Waals surface area (Å²) < 4.78 is 5.87. The summed E-state index contributed by atoms with van der Waals surface area (Å²) in [6.45, 7) is 5.96. The number of amides is 2. The highest BCUT2D eigenvalue weighted by atomic mass is 16.5. The smallest absolute Gasteiger partial charge is 0.251 e. The van der Waals surface area contributed by atoms with Crippen molar-refractivity contribution >= 4 is 11.8 Å². The molecule has 0 saturated heterocycles. The first kappa shape index (κ1) is 20.5. The minimum absolute atomic E-state index is 0.0800. The zero-order valence-electron chi connectivity index (χ0n) is 16.4. The first-order valence-electron chi connectivity index (χ1n) is 9.34. The molecule has 1 unspecified atom stereocenters. The minimum Gasteiger partial charge on any atom is -0.490 e. The summed E-state index contributed by atoms with van der Waals surface area (Å²) in [5, 5.41) is 5.40. The molecule has 5 nitrogen and oxygen atoms in total.